The first-order chi connectivity index (χ1) is 10.8. The molecule has 0 bridgehead atoms. The van der Waals surface area contributed by atoms with Crippen LogP contribution >= 0.6 is 0 Å². The summed E-state index contributed by atoms with van der Waals surface area (Å²) in [4.78, 5) is 12.2. The third-order valence-corrected chi connectivity index (χ3v) is 5.81. The van der Waals surface area contributed by atoms with Gasteiger partial charge in [0.1, 0.15) is 12.0 Å². The third-order valence-electron chi connectivity index (χ3n) is 5.81. The van der Waals surface area contributed by atoms with Gasteiger partial charge in [-0.2, -0.15) is 0 Å². The highest BCUT2D eigenvalue weighted by Crippen LogP contribution is 2.68. The van der Waals surface area contributed by atoms with Crippen molar-refractivity contribution in [2.75, 3.05) is 6.61 Å². The predicted molar refractivity (Wildman–Crippen MR) is 89.3 cm³/mol. The van der Waals surface area contributed by atoms with Crippen molar-refractivity contribution in [2.24, 2.45) is 16.7 Å². The van der Waals surface area contributed by atoms with Crippen LogP contribution in [0.25, 0.3) is 0 Å². The predicted octanol–water partition coefficient (Wildman–Crippen LogP) is 4.71. The van der Waals surface area contributed by atoms with Gasteiger partial charge in [-0.1, -0.05) is 58.0 Å². The lowest BCUT2D eigenvalue weighted by Crippen LogP contribution is -2.09. The molecule has 23 heavy (non-hydrogen) atoms. The molecule has 1 aliphatic carbocycles. The molecule has 3 nitrogen and oxygen atoms in total. The molecule has 3 rings (SSSR count). The molecule has 0 amide bonds. The van der Waals surface area contributed by atoms with Gasteiger partial charge in [-0.15, -0.1) is 0 Å². The van der Waals surface area contributed by atoms with Crippen molar-refractivity contribution in [2.45, 2.75) is 34.1 Å². The van der Waals surface area contributed by atoms with E-state index in [0.29, 0.717) is 24.5 Å². The second kappa shape index (κ2) is 5.55. The number of carbonyl (C=O) groups is 1. The molecule has 0 unspecified atom stereocenters. The maximum atomic E-state index is 12.2. The van der Waals surface area contributed by atoms with Crippen LogP contribution in [0.3, 0.4) is 0 Å². The second-order valence-electron chi connectivity index (χ2n) is 7.56. The molecule has 1 fully saturated rings. The highest BCUT2D eigenvalue weighted by Gasteiger charge is 2.64. The molecule has 0 aliphatic heterocycles. The number of carbonyl (C=O) groups excluding carboxylic acids is 1. The number of hydrogen-bond acceptors (Lipinski definition) is 3. The van der Waals surface area contributed by atoms with Crippen molar-refractivity contribution in [3.8, 4) is 0 Å². The van der Waals surface area contributed by atoms with Crippen LogP contribution in [0.1, 0.15) is 49.4 Å². The Hall–Kier alpha value is -2.03. The van der Waals surface area contributed by atoms with E-state index in [0.717, 1.165) is 11.3 Å². The molecule has 1 aromatic carbocycles. The minimum Gasteiger partial charge on any atom is -0.468 e. The summed E-state index contributed by atoms with van der Waals surface area (Å²) < 4.78 is 11.0. The Morgan fingerprint density at radius 3 is 2.39 bits per heavy atom. The third kappa shape index (κ3) is 2.92. The first-order valence-electron chi connectivity index (χ1n) is 8.11. The normalized spacial score (nSPS) is 18.6. The molecule has 0 saturated heterocycles. The zero-order valence-corrected chi connectivity index (χ0v) is 14.3. The summed E-state index contributed by atoms with van der Waals surface area (Å²) in [6, 6.07) is 11.8. The van der Waals surface area contributed by atoms with E-state index < -0.39 is 0 Å². The molecule has 0 N–H and O–H groups in total. The lowest BCUT2D eigenvalue weighted by Gasteiger charge is -2.04. The summed E-state index contributed by atoms with van der Waals surface area (Å²) in [5.41, 5.74) is 2.10. The van der Waals surface area contributed by atoms with Crippen molar-refractivity contribution < 1.29 is 13.9 Å². The quantitative estimate of drug-likeness (QED) is 0.751. The molecule has 0 spiro atoms. The Morgan fingerprint density at radius 1 is 1.13 bits per heavy atom. The SMILES string of the molecule is CC1(C)C(COC(=O)c2coc(Cc3ccccc3)c2)C1(C)C. The first-order valence-corrected chi connectivity index (χ1v) is 8.11. The first kappa shape index (κ1) is 15.9. The van der Waals surface area contributed by atoms with Crippen molar-refractivity contribution >= 4 is 5.97 Å². The lowest BCUT2D eigenvalue weighted by atomic mass is 10.0. The van der Waals surface area contributed by atoms with Crippen LogP contribution in [0.4, 0.5) is 0 Å². The Kier molecular flexibility index (Phi) is 3.83. The summed E-state index contributed by atoms with van der Waals surface area (Å²) in [6.45, 7) is 9.36. The van der Waals surface area contributed by atoms with Gasteiger partial charge in [0.2, 0.25) is 0 Å². The van der Waals surface area contributed by atoms with Crippen LogP contribution in [0.2, 0.25) is 0 Å². The zero-order valence-electron chi connectivity index (χ0n) is 14.3. The molecular formula is C20H24O3. The molecule has 3 heteroatoms. The van der Waals surface area contributed by atoms with Crippen molar-refractivity contribution in [3.63, 3.8) is 0 Å². The molecule has 1 aromatic heterocycles. The Bertz CT molecular complexity index is 681. The molecule has 0 radical (unpaired) electrons. The van der Waals surface area contributed by atoms with E-state index in [-0.39, 0.29) is 16.8 Å². The van der Waals surface area contributed by atoms with E-state index in [1.807, 2.05) is 30.3 Å². The number of hydrogen-bond donors (Lipinski definition) is 0. The fraction of sp³-hybridized carbons (Fsp3) is 0.450. The summed E-state index contributed by atoms with van der Waals surface area (Å²) >= 11 is 0. The fourth-order valence-corrected chi connectivity index (χ4v) is 3.37. The monoisotopic (exact) mass is 312 g/mol. The summed E-state index contributed by atoms with van der Waals surface area (Å²) in [5.74, 6) is 0.886. The van der Waals surface area contributed by atoms with E-state index in [1.165, 1.54) is 6.26 Å². The maximum Gasteiger partial charge on any atom is 0.341 e. The van der Waals surface area contributed by atoms with Crippen molar-refractivity contribution in [3.05, 3.63) is 59.5 Å². The lowest BCUT2D eigenvalue weighted by molar-refractivity contribution is 0.0464. The molecule has 122 valence electrons. The van der Waals surface area contributed by atoms with Crippen molar-refractivity contribution in [1.82, 2.24) is 0 Å². The molecule has 1 aliphatic rings. The van der Waals surface area contributed by atoms with E-state index >= 15 is 0 Å². The van der Waals surface area contributed by atoms with Gasteiger partial charge in [-0.25, -0.2) is 4.79 Å². The second-order valence-corrected chi connectivity index (χ2v) is 7.56. The number of rotatable bonds is 5. The van der Waals surface area contributed by atoms with Gasteiger partial charge < -0.3 is 9.15 Å². The summed E-state index contributed by atoms with van der Waals surface area (Å²) in [6.07, 6.45) is 2.17. The molecule has 1 heterocycles. The topological polar surface area (TPSA) is 39.4 Å². The van der Waals surface area contributed by atoms with E-state index in [1.54, 1.807) is 6.07 Å². The number of esters is 1. The average Bonchev–Trinajstić information content (AvgIpc) is 2.86. The highest BCUT2D eigenvalue weighted by molar-refractivity contribution is 5.89. The van der Waals surface area contributed by atoms with Crippen LogP contribution in [0, 0.1) is 16.7 Å². The van der Waals surface area contributed by atoms with Gasteiger partial charge in [0.25, 0.3) is 0 Å². The molecule has 0 atom stereocenters. The van der Waals surface area contributed by atoms with Crippen LogP contribution < -0.4 is 0 Å². The van der Waals surface area contributed by atoms with E-state index in [4.69, 9.17) is 9.15 Å². The molecular weight excluding hydrogens is 288 g/mol. The van der Waals surface area contributed by atoms with Gasteiger partial charge in [0, 0.05) is 12.3 Å². The number of furan rings is 1. The smallest absolute Gasteiger partial charge is 0.341 e. The minimum atomic E-state index is -0.299. The van der Waals surface area contributed by atoms with Crippen LogP contribution in [-0.2, 0) is 11.2 Å². The standard InChI is InChI=1S/C20H24O3/c1-19(2)17(20(19,3)4)13-23-18(21)15-11-16(22-12-15)10-14-8-6-5-7-9-14/h5-9,11-12,17H,10,13H2,1-4H3. The van der Waals surface area contributed by atoms with E-state index in [2.05, 4.69) is 27.7 Å². The van der Waals surface area contributed by atoms with Crippen molar-refractivity contribution in [1.29, 1.82) is 0 Å². The fourth-order valence-electron chi connectivity index (χ4n) is 3.37. The van der Waals surface area contributed by atoms with Gasteiger partial charge in [0.05, 0.1) is 12.2 Å². The molecule has 1 saturated carbocycles. The maximum absolute atomic E-state index is 12.2. The van der Waals surface area contributed by atoms with Crippen LogP contribution in [0.5, 0.6) is 0 Å². The van der Waals surface area contributed by atoms with Crippen LogP contribution in [0.15, 0.2) is 47.1 Å². The van der Waals surface area contributed by atoms with E-state index in [9.17, 15) is 4.79 Å². The molecule has 2 aromatic rings. The average molecular weight is 312 g/mol. The number of ether oxygens (including phenoxy) is 1. The Morgan fingerprint density at radius 2 is 1.78 bits per heavy atom. The number of benzene rings is 1. The highest BCUT2D eigenvalue weighted by atomic mass is 16.5. The zero-order chi connectivity index (χ0) is 16.7. The van der Waals surface area contributed by atoms with Crippen LogP contribution in [-0.4, -0.2) is 12.6 Å². The minimum absolute atomic E-state index is 0.224. The van der Waals surface area contributed by atoms with Gasteiger partial charge >= 0.3 is 5.97 Å². The largest absolute Gasteiger partial charge is 0.468 e. The summed E-state index contributed by atoms with van der Waals surface area (Å²) in [7, 11) is 0. The Labute approximate surface area is 137 Å². The summed E-state index contributed by atoms with van der Waals surface area (Å²) in [5, 5.41) is 0. The van der Waals surface area contributed by atoms with Gasteiger partial charge in [0.15, 0.2) is 0 Å². The Balaban J connectivity index is 1.57. The van der Waals surface area contributed by atoms with Gasteiger partial charge in [-0.05, 0) is 22.5 Å². The van der Waals surface area contributed by atoms with Gasteiger partial charge in [-0.3, -0.25) is 0 Å².